The number of nitrogens with zero attached hydrogens (tertiary/aromatic N) is 1. The molecular weight excluding hydrogens is 236 g/mol. The topological polar surface area (TPSA) is 35.5 Å². The lowest BCUT2D eigenvalue weighted by molar-refractivity contribution is 0.106. The van der Waals surface area contributed by atoms with Crippen molar-refractivity contribution in [1.29, 1.82) is 0 Å². The lowest BCUT2D eigenvalue weighted by Gasteiger charge is -2.39. The Kier molecular flexibility index (Phi) is 4.78. The summed E-state index contributed by atoms with van der Waals surface area (Å²) in [6.07, 6.45) is 10.8. The first kappa shape index (κ1) is 13.8. The first-order valence-corrected chi connectivity index (χ1v) is 8.42. The van der Waals surface area contributed by atoms with E-state index < -0.39 is 0 Å². The van der Waals surface area contributed by atoms with E-state index in [-0.39, 0.29) is 0 Å². The van der Waals surface area contributed by atoms with Crippen molar-refractivity contribution in [3.63, 3.8) is 0 Å². The Labute approximate surface area is 117 Å². The Balaban J connectivity index is 1.51. The summed E-state index contributed by atoms with van der Waals surface area (Å²) >= 11 is 0. The van der Waals surface area contributed by atoms with Gasteiger partial charge in [0.05, 0.1) is 0 Å². The molecule has 0 aromatic carbocycles. The summed E-state index contributed by atoms with van der Waals surface area (Å²) in [6, 6.07) is 1.49. The van der Waals surface area contributed by atoms with Crippen molar-refractivity contribution in [2.45, 2.75) is 63.5 Å². The molecule has 3 fully saturated rings. The maximum Gasteiger partial charge on any atom is 0.0434 e. The molecule has 1 saturated heterocycles. The highest BCUT2D eigenvalue weighted by molar-refractivity contribution is 4.91. The van der Waals surface area contributed by atoms with E-state index >= 15 is 0 Å². The van der Waals surface area contributed by atoms with Gasteiger partial charge in [0.2, 0.25) is 0 Å². The summed E-state index contributed by atoms with van der Waals surface area (Å²) in [6.45, 7) is 4.14. The molecule has 0 bridgehead atoms. The second-order valence-electron chi connectivity index (χ2n) is 7.12. The molecule has 3 rings (SSSR count). The minimum absolute atomic E-state index is 0.359. The molecule has 0 aromatic rings. The third-order valence-corrected chi connectivity index (χ3v) is 5.19. The highest BCUT2D eigenvalue weighted by atomic mass is 16.3. The molecule has 110 valence electrons. The summed E-state index contributed by atoms with van der Waals surface area (Å²) in [7, 11) is 0. The number of aliphatic hydroxyl groups excluding tert-OH is 1. The van der Waals surface area contributed by atoms with Crippen molar-refractivity contribution >= 4 is 0 Å². The Morgan fingerprint density at radius 3 is 2.42 bits per heavy atom. The van der Waals surface area contributed by atoms with E-state index in [0.29, 0.717) is 18.6 Å². The smallest absolute Gasteiger partial charge is 0.0434 e. The summed E-state index contributed by atoms with van der Waals surface area (Å²) < 4.78 is 0. The number of hydrogen-bond donors (Lipinski definition) is 2. The average Bonchev–Trinajstić information content (AvgIpc) is 3.04. The van der Waals surface area contributed by atoms with Crippen molar-refractivity contribution in [1.82, 2.24) is 10.2 Å². The van der Waals surface area contributed by atoms with E-state index in [1.54, 1.807) is 0 Å². The van der Waals surface area contributed by atoms with Gasteiger partial charge >= 0.3 is 0 Å². The average molecular weight is 266 g/mol. The second-order valence-corrected chi connectivity index (χ2v) is 7.12. The number of aliphatic hydroxyl groups is 1. The van der Waals surface area contributed by atoms with Gasteiger partial charge in [-0.25, -0.2) is 0 Å². The molecule has 3 aliphatic rings. The zero-order valence-electron chi connectivity index (χ0n) is 12.2. The van der Waals surface area contributed by atoms with Crippen LogP contribution in [0.4, 0.5) is 0 Å². The van der Waals surface area contributed by atoms with Crippen molar-refractivity contribution in [3.8, 4) is 0 Å². The lowest BCUT2D eigenvalue weighted by atomic mass is 9.90. The van der Waals surface area contributed by atoms with Crippen LogP contribution in [0.2, 0.25) is 0 Å². The highest BCUT2D eigenvalue weighted by Crippen LogP contribution is 2.29. The molecule has 2 unspecified atom stereocenters. The Hall–Kier alpha value is -0.120. The second kappa shape index (κ2) is 6.55. The Morgan fingerprint density at radius 2 is 1.74 bits per heavy atom. The molecule has 1 aliphatic heterocycles. The van der Waals surface area contributed by atoms with Crippen LogP contribution < -0.4 is 5.32 Å². The number of hydrogen-bond acceptors (Lipinski definition) is 3. The fraction of sp³-hybridized carbons (Fsp3) is 1.00. The van der Waals surface area contributed by atoms with Gasteiger partial charge in [0.15, 0.2) is 0 Å². The predicted molar refractivity (Wildman–Crippen MR) is 78.2 cm³/mol. The molecule has 2 aliphatic carbocycles. The lowest BCUT2D eigenvalue weighted by Crippen LogP contribution is -2.51. The molecule has 19 heavy (non-hydrogen) atoms. The SMILES string of the molecule is OCCC1CC(NC2CC2)CN(CC2CCCC2)C1. The number of piperidine rings is 1. The summed E-state index contributed by atoms with van der Waals surface area (Å²) in [5, 5.41) is 13.0. The van der Waals surface area contributed by atoms with Gasteiger partial charge in [-0.2, -0.15) is 0 Å². The van der Waals surface area contributed by atoms with Gasteiger partial charge in [0.1, 0.15) is 0 Å². The van der Waals surface area contributed by atoms with Gasteiger partial charge in [0.25, 0.3) is 0 Å². The minimum atomic E-state index is 0.359. The summed E-state index contributed by atoms with van der Waals surface area (Å²) in [5.74, 6) is 1.66. The molecule has 0 radical (unpaired) electrons. The number of rotatable bonds is 6. The molecule has 0 amide bonds. The van der Waals surface area contributed by atoms with Crippen molar-refractivity contribution in [2.24, 2.45) is 11.8 Å². The van der Waals surface area contributed by atoms with Gasteiger partial charge in [-0.15, -0.1) is 0 Å². The largest absolute Gasteiger partial charge is 0.396 e. The molecular formula is C16H30N2O. The van der Waals surface area contributed by atoms with Crippen molar-refractivity contribution < 1.29 is 5.11 Å². The van der Waals surface area contributed by atoms with Gasteiger partial charge in [-0.05, 0) is 50.4 Å². The third-order valence-electron chi connectivity index (χ3n) is 5.19. The summed E-state index contributed by atoms with van der Waals surface area (Å²) in [4.78, 5) is 2.69. The van der Waals surface area contributed by atoms with Crippen LogP contribution in [0.3, 0.4) is 0 Å². The van der Waals surface area contributed by atoms with Crippen LogP contribution in [0.15, 0.2) is 0 Å². The van der Waals surface area contributed by atoms with Crippen molar-refractivity contribution in [3.05, 3.63) is 0 Å². The van der Waals surface area contributed by atoms with E-state index in [1.165, 1.54) is 64.6 Å². The van der Waals surface area contributed by atoms with Gasteiger partial charge in [0, 0.05) is 38.3 Å². The van der Waals surface area contributed by atoms with E-state index in [1.807, 2.05) is 0 Å². The first-order valence-electron chi connectivity index (χ1n) is 8.42. The standard InChI is InChI=1S/C16H30N2O/c19-8-7-14-9-16(17-15-5-6-15)12-18(11-14)10-13-3-1-2-4-13/h13-17,19H,1-12H2. The van der Waals surface area contributed by atoms with Gasteiger partial charge in [-0.3, -0.25) is 0 Å². The van der Waals surface area contributed by atoms with Crippen LogP contribution >= 0.6 is 0 Å². The van der Waals surface area contributed by atoms with Crippen LogP contribution in [0, 0.1) is 11.8 Å². The molecule has 3 nitrogen and oxygen atoms in total. The van der Waals surface area contributed by atoms with Crippen LogP contribution in [0.1, 0.15) is 51.4 Å². The molecule has 3 heteroatoms. The summed E-state index contributed by atoms with van der Waals surface area (Å²) in [5.41, 5.74) is 0. The fourth-order valence-electron chi connectivity index (χ4n) is 4.11. The fourth-order valence-corrected chi connectivity index (χ4v) is 4.11. The molecule has 2 atom stereocenters. The van der Waals surface area contributed by atoms with E-state index in [9.17, 15) is 5.11 Å². The van der Waals surface area contributed by atoms with E-state index in [2.05, 4.69) is 10.2 Å². The maximum absolute atomic E-state index is 9.23. The molecule has 0 aromatic heterocycles. The molecule has 2 N–H and O–H groups in total. The first-order chi connectivity index (χ1) is 9.33. The van der Waals surface area contributed by atoms with E-state index in [0.717, 1.165) is 18.4 Å². The third kappa shape index (κ3) is 4.17. The highest BCUT2D eigenvalue weighted by Gasteiger charge is 2.32. The van der Waals surface area contributed by atoms with Crippen LogP contribution in [-0.4, -0.2) is 48.3 Å². The van der Waals surface area contributed by atoms with Gasteiger partial charge in [-0.1, -0.05) is 12.8 Å². The monoisotopic (exact) mass is 266 g/mol. The predicted octanol–water partition coefficient (Wildman–Crippen LogP) is 2.00. The van der Waals surface area contributed by atoms with Crippen LogP contribution in [-0.2, 0) is 0 Å². The molecule has 1 heterocycles. The Bertz CT molecular complexity index is 274. The van der Waals surface area contributed by atoms with E-state index in [4.69, 9.17) is 0 Å². The number of likely N-dealkylation sites (tertiary alicyclic amines) is 1. The zero-order chi connectivity index (χ0) is 13.1. The number of nitrogens with one attached hydrogen (secondary N) is 1. The molecule has 0 spiro atoms. The van der Waals surface area contributed by atoms with Crippen LogP contribution in [0.25, 0.3) is 0 Å². The van der Waals surface area contributed by atoms with Crippen LogP contribution in [0.5, 0.6) is 0 Å². The maximum atomic E-state index is 9.23. The quantitative estimate of drug-likeness (QED) is 0.772. The Morgan fingerprint density at radius 1 is 0.947 bits per heavy atom. The zero-order valence-corrected chi connectivity index (χ0v) is 12.2. The molecule has 2 saturated carbocycles. The van der Waals surface area contributed by atoms with Gasteiger partial charge < -0.3 is 15.3 Å². The normalized spacial score (nSPS) is 33.9. The minimum Gasteiger partial charge on any atom is -0.396 e. The van der Waals surface area contributed by atoms with Crippen molar-refractivity contribution in [2.75, 3.05) is 26.2 Å².